The van der Waals surface area contributed by atoms with Crippen LogP contribution in [0, 0.1) is 23.7 Å². The molecule has 0 spiro atoms. The highest BCUT2D eigenvalue weighted by molar-refractivity contribution is 5.87. The van der Waals surface area contributed by atoms with Crippen LogP contribution < -0.4 is 4.90 Å². The second-order valence-electron chi connectivity index (χ2n) is 10.4. The maximum atomic E-state index is 9.49. The summed E-state index contributed by atoms with van der Waals surface area (Å²) < 4.78 is 15.4. The Kier molecular flexibility index (Phi) is 4.72. The van der Waals surface area contributed by atoms with Crippen molar-refractivity contribution >= 4 is 16.9 Å². The molecule has 2 bridgehead atoms. The van der Waals surface area contributed by atoms with Crippen molar-refractivity contribution in [3.8, 4) is 23.1 Å². The van der Waals surface area contributed by atoms with Crippen LogP contribution in [0.4, 0.5) is 5.69 Å². The largest absolute Gasteiger partial charge is 0.378 e. The van der Waals surface area contributed by atoms with Crippen molar-refractivity contribution in [2.24, 2.45) is 5.41 Å². The molecule has 8 rings (SSSR count). The third-order valence-electron chi connectivity index (χ3n) is 7.71. The number of anilines is 1. The smallest absolute Gasteiger partial charge is 0.164 e. The highest BCUT2D eigenvalue weighted by atomic mass is 16.5. The third kappa shape index (κ3) is 3.40. The number of rotatable bonds is 5. The summed E-state index contributed by atoms with van der Waals surface area (Å²) in [6, 6.07) is 14.8. The Labute approximate surface area is 208 Å². The van der Waals surface area contributed by atoms with Crippen LogP contribution in [0.5, 0.6) is 0 Å². The molecule has 3 aliphatic heterocycles. The molecule has 0 N–H and O–H groups in total. The minimum absolute atomic E-state index is 0.0236. The van der Waals surface area contributed by atoms with E-state index in [1.54, 1.807) is 0 Å². The molecular formula is C27H27N7O2. The zero-order valence-corrected chi connectivity index (χ0v) is 20.2. The second kappa shape index (κ2) is 7.88. The van der Waals surface area contributed by atoms with Crippen molar-refractivity contribution in [1.29, 1.82) is 5.26 Å². The molecule has 3 saturated heterocycles. The minimum Gasteiger partial charge on any atom is -0.378 e. The van der Waals surface area contributed by atoms with Gasteiger partial charge in [0.15, 0.2) is 17.1 Å². The summed E-state index contributed by atoms with van der Waals surface area (Å²) in [6.07, 6.45) is 5.38. The van der Waals surface area contributed by atoms with Crippen LogP contribution >= 0.6 is 0 Å². The van der Waals surface area contributed by atoms with E-state index in [1.165, 1.54) is 5.56 Å². The molecular weight excluding hydrogens is 454 g/mol. The summed E-state index contributed by atoms with van der Waals surface area (Å²) in [6.45, 7) is 6.42. The monoisotopic (exact) mass is 481 g/mol. The number of benzene rings is 1. The Morgan fingerprint density at radius 1 is 1.14 bits per heavy atom. The van der Waals surface area contributed by atoms with E-state index in [9.17, 15) is 5.26 Å². The molecule has 6 heterocycles. The molecule has 3 aromatic heterocycles. The Morgan fingerprint density at radius 3 is 2.78 bits per heavy atom. The van der Waals surface area contributed by atoms with Crippen molar-refractivity contribution in [2.45, 2.75) is 31.9 Å². The fourth-order valence-corrected chi connectivity index (χ4v) is 5.98. The molecule has 9 nitrogen and oxygen atoms in total. The van der Waals surface area contributed by atoms with E-state index in [4.69, 9.17) is 24.5 Å². The molecule has 1 aromatic carbocycles. The first-order valence-corrected chi connectivity index (χ1v) is 12.4. The first kappa shape index (κ1) is 21.5. The number of nitriles is 1. The van der Waals surface area contributed by atoms with Crippen LogP contribution in [-0.4, -0.2) is 62.8 Å². The van der Waals surface area contributed by atoms with Gasteiger partial charge in [-0.25, -0.2) is 14.6 Å². The fraction of sp³-hybridized carbons (Fsp3) is 0.407. The van der Waals surface area contributed by atoms with E-state index in [0.717, 1.165) is 66.4 Å². The summed E-state index contributed by atoms with van der Waals surface area (Å²) in [5.41, 5.74) is 5.34. The van der Waals surface area contributed by atoms with E-state index in [-0.39, 0.29) is 5.41 Å². The fourth-order valence-electron chi connectivity index (χ4n) is 5.98. The standard InChI is InChI=1S/C27H27N7O2/c1-19-3-2-4-20(11-19)21-5-6-34(31-21)23-12-22(32-7-9-35-10-8-32)24-25(30-23)33(18-29-24)16-26-13-27(14-26,15-28)36-17-26/h2-6,11-12,18H,7-10,13-14,16-17H2,1H3. The lowest BCUT2D eigenvalue weighted by atomic mass is 9.63. The van der Waals surface area contributed by atoms with Crippen molar-refractivity contribution in [2.75, 3.05) is 37.8 Å². The van der Waals surface area contributed by atoms with Gasteiger partial charge in [0, 0.05) is 42.9 Å². The third-order valence-corrected chi connectivity index (χ3v) is 7.71. The lowest BCUT2D eigenvalue weighted by Gasteiger charge is -2.40. The molecule has 0 atom stereocenters. The van der Waals surface area contributed by atoms with Gasteiger partial charge in [0.1, 0.15) is 5.52 Å². The van der Waals surface area contributed by atoms with Gasteiger partial charge in [-0.15, -0.1) is 0 Å². The Morgan fingerprint density at radius 2 is 2.00 bits per heavy atom. The first-order valence-electron chi connectivity index (χ1n) is 12.4. The van der Waals surface area contributed by atoms with Crippen molar-refractivity contribution in [3.63, 3.8) is 0 Å². The Bertz CT molecular complexity index is 1500. The zero-order valence-electron chi connectivity index (χ0n) is 20.2. The summed E-state index contributed by atoms with van der Waals surface area (Å²) in [7, 11) is 0. The van der Waals surface area contributed by atoms with Crippen LogP contribution in [0.25, 0.3) is 28.2 Å². The number of morpholine rings is 1. The van der Waals surface area contributed by atoms with Crippen LogP contribution in [0.15, 0.2) is 48.9 Å². The van der Waals surface area contributed by atoms with Crippen LogP contribution in [-0.2, 0) is 16.0 Å². The number of hydrogen-bond acceptors (Lipinski definition) is 7. The maximum Gasteiger partial charge on any atom is 0.164 e. The van der Waals surface area contributed by atoms with Gasteiger partial charge in [-0.05, 0) is 31.9 Å². The number of nitrogens with zero attached hydrogens (tertiary/aromatic N) is 7. The zero-order chi connectivity index (χ0) is 24.3. The predicted molar refractivity (Wildman–Crippen MR) is 134 cm³/mol. The molecule has 4 aromatic rings. The molecule has 0 unspecified atom stereocenters. The Balaban J connectivity index is 1.30. The van der Waals surface area contributed by atoms with Gasteiger partial charge in [0.2, 0.25) is 0 Å². The summed E-state index contributed by atoms with van der Waals surface area (Å²) in [5.74, 6) is 0.754. The summed E-state index contributed by atoms with van der Waals surface area (Å²) >= 11 is 0. The van der Waals surface area contributed by atoms with E-state index in [1.807, 2.05) is 23.3 Å². The van der Waals surface area contributed by atoms with Crippen molar-refractivity contribution < 1.29 is 9.47 Å². The van der Waals surface area contributed by atoms with E-state index < -0.39 is 5.60 Å². The van der Waals surface area contributed by atoms with Gasteiger partial charge in [-0.2, -0.15) is 10.4 Å². The molecule has 9 heteroatoms. The van der Waals surface area contributed by atoms with Gasteiger partial charge in [0.25, 0.3) is 0 Å². The Hall–Kier alpha value is -3.74. The van der Waals surface area contributed by atoms with Crippen LogP contribution in [0.1, 0.15) is 18.4 Å². The van der Waals surface area contributed by atoms with Crippen molar-refractivity contribution in [3.05, 3.63) is 54.5 Å². The molecule has 0 amide bonds. The van der Waals surface area contributed by atoms with Crippen molar-refractivity contribution in [1.82, 2.24) is 24.3 Å². The average Bonchev–Trinajstić information content (AvgIpc) is 3.67. The number of aryl methyl sites for hydroxylation is 1. The molecule has 182 valence electrons. The number of hydrogen-bond donors (Lipinski definition) is 0. The van der Waals surface area contributed by atoms with Gasteiger partial charge in [-0.1, -0.05) is 23.8 Å². The van der Waals surface area contributed by atoms with Crippen LogP contribution in [0.2, 0.25) is 0 Å². The second-order valence-corrected chi connectivity index (χ2v) is 10.4. The van der Waals surface area contributed by atoms with E-state index >= 15 is 0 Å². The first-order chi connectivity index (χ1) is 17.6. The maximum absolute atomic E-state index is 9.49. The molecule has 1 saturated carbocycles. The van der Waals surface area contributed by atoms with Gasteiger partial charge in [0.05, 0.1) is 43.6 Å². The number of fused-ring (bicyclic) bond motifs is 2. The lowest BCUT2D eigenvalue weighted by molar-refractivity contribution is 0.0354. The van der Waals surface area contributed by atoms with Crippen LogP contribution in [0.3, 0.4) is 0 Å². The molecule has 4 aliphatic rings. The lowest BCUT2D eigenvalue weighted by Crippen LogP contribution is -2.45. The highest BCUT2D eigenvalue weighted by Gasteiger charge is 2.63. The van der Waals surface area contributed by atoms with E-state index in [0.29, 0.717) is 19.8 Å². The summed E-state index contributed by atoms with van der Waals surface area (Å²) in [5, 5.41) is 14.4. The van der Waals surface area contributed by atoms with Gasteiger partial charge < -0.3 is 18.9 Å². The highest BCUT2D eigenvalue weighted by Crippen LogP contribution is 2.58. The minimum atomic E-state index is -0.588. The normalized spacial score (nSPS) is 25.2. The molecule has 0 radical (unpaired) electrons. The topological polar surface area (TPSA) is 94.0 Å². The molecule has 4 fully saturated rings. The number of aromatic nitrogens is 5. The molecule has 1 aliphatic carbocycles. The quantitative estimate of drug-likeness (QED) is 0.431. The van der Waals surface area contributed by atoms with Gasteiger partial charge in [-0.3, -0.25) is 0 Å². The SMILES string of the molecule is Cc1cccc(-c2ccn(-c3cc(N4CCOCC4)c4ncn(CC56COC(C#N)(C5)C6)c4n3)n2)c1. The van der Waals surface area contributed by atoms with Gasteiger partial charge >= 0.3 is 0 Å². The summed E-state index contributed by atoms with van der Waals surface area (Å²) in [4.78, 5) is 12.2. The predicted octanol–water partition coefficient (Wildman–Crippen LogP) is 3.50. The molecule has 36 heavy (non-hydrogen) atoms. The number of pyridine rings is 1. The number of imidazole rings is 1. The number of ether oxygens (including phenoxy) is 2. The average molecular weight is 482 g/mol. The van der Waals surface area contributed by atoms with E-state index in [2.05, 4.69) is 52.8 Å².